The Morgan fingerprint density at radius 2 is 1.77 bits per heavy atom. The average Bonchev–Trinajstić information content (AvgIpc) is 3.24. The largest absolute Gasteiger partial charge is 0.296 e. The average molecular weight is 361 g/mol. The Bertz CT molecular complexity index is 1030. The van der Waals surface area contributed by atoms with Crippen LogP contribution in [0.5, 0.6) is 0 Å². The third kappa shape index (κ3) is 3.18. The van der Waals surface area contributed by atoms with E-state index in [2.05, 4.69) is 41.3 Å². The molecule has 5 heteroatoms. The van der Waals surface area contributed by atoms with Crippen LogP contribution in [0.4, 0.5) is 0 Å². The third-order valence-corrected chi connectivity index (χ3v) is 5.47. The van der Waals surface area contributed by atoms with Crippen LogP contribution in [0.25, 0.3) is 16.2 Å². The summed E-state index contributed by atoms with van der Waals surface area (Å²) in [7, 11) is 0. The topological polar surface area (TPSA) is 47.3 Å². The maximum absolute atomic E-state index is 11.7. The first kappa shape index (κ1) is 16.7. The number of imidazole rings is 1. The molecule has 4 aromatic rings. The second kappa shape index (κ2) is 7.22. The van der Waals surface area contributed by atoms with E-state index in [-0.39, 0.29) is 0 Å². The highest BCUT2D eigenvalue weighted by Crippen LogP contribution is 2.27. The number of hydrogen-bond acceptors (Lipinski definition) is 4. The van der Waals surface area contributed by atoms with Gasteiger partial charge in [0.05, 0.1) is 0 Å². The molecule has 0 aliphatic rings. The highest BCUT2D eigenvalue weighted by molar-refractivity contribution is 7.16. The van der Waals surface area contributed by atoms with Crippen LogP contribution in [0.15, 0.2) is 54.6 Å². The Hall–Kier alpha value is -2.79. The monoisotopic (exact) mass is 361 g/mol. The molecule has 0 saturated carbocycles. The standard InChI is InChI=1S/C21H19N3OS/c1-2-15-8-11-17(12-9-15)20-18(14-25)24-21(22-20)26-19(23-24)13-10-16-6-4-3-5-7-16/h3-9,11-12,14H,2,10,13H2,1H3. The molecular weight excluding hydrogens is 342 g/mol. The van der Waals surface area contributed by atoms with Crippen molar-refractivity contribution in [2.24, 2.45) is 0 Å². The van der Waals surface area contributed by atoms with Gasteiger partial charge in [-0.25, -0.2) is 4.98 Å². The number of carbonyl (C=O) groups is 1. The van der Waals surface area contributed by atoms with Crippen molar-refractivity contribution in [1.29, 1.82) is 0 Å². The maximum Gasteiger partial charge on any atom is 0.213 e. The number of nitrogens with zero attached hydrogens (tertiary/aromatic N) is 3. The SMILES string of the molecule is CCc1ccc(-c2nc3sc(CCc4ccccc4)nn3c2C=O)cc1. The molecule has 130 valence electrons. The summed E-state index contributed by atoms with van der Waals surface area (Å²) in [6.45, 7) is 2.12. The summed E-state index contributed by atoms with van der Waals surface area (Å²) in [5, 5.41) is 5.61. The second-order valence-corrected chi connectivity index (χ2v) is 7.23. The van der Waals surface area contributed by atoms with Gasteiger partial charge < -0.3 is 0 Å². The summed E-state index contributed by atoms with van der Waals surface area (Å²) < 4.78 is 1.68. The van der Waals surface area contributed by atoms with Gasteiger partial charge in [0.2, 0.25) is 4.96 Å². The Morgan fingerprint density at radius 1 is 1.00 bits per heavy atom. The highest BCUT2D eigenvalue weighted by atomic mass is 32.1. The number of carbonyl (C=O) groups excluding carboxylic acids is 1. The minimum absolute atomic E-state index is 0.520. The van der Waals surface area contributed by atoms with Gasteiger partial charge in [-0.3, -0.25) is 4.79 Å². The number of fused-ring (bicyclic) bond motifs is 1. The maximum atomic E-state index is 11.7. The molecule has 2 aromatic carbocycles. The molecule has 0 saturated heterocycles. The number of benzene rings is 2. The van der Waals surface area contributed by atoms with Crippen LogP contribution in [0, 0.1) is 0 Å². The van der Waals surface area contributed by atoms with Gasteiger partial charge in [-0.1, -0.05) is 72.9 Å². The minimum Gasteiger partial charge on any atom is -0.296 e. The lowest BCUT2D eigenvalue weighted by atomic mass is 10.1. The van der Waals surface area contributed by atoms with Crippen LogP contribution in [-0.4, -0.2) is 20.9 Å². The van der Waals surface area contributed by atoms with E-state index in [0.29, 0.717) is 11.4 Å². The molecule has 0 bridgehead atoms. The van der Waals surface area contributed by atoms with Gasteiger partial charge in [-0.2, -0.15) is 9.61 Å². The van der Waals surface area contributed by atoms with E-state index >= 15 is 0 Å². The molecule has 0 fully saturated rings. The van der Waals surface area contributed by atoms with Crippen molar-refractivity contribution in [3.05, 3.63) is 76.4 Å². The van der Waals surface area contributed by atoms with Gasteiger partial charge in [0.25, 0.3) is 0 Å². The molecular formula is C21H19N3OS. The van der Waals surface area contributed by atoms with Crippen LogP contribution in [-0.2, 0) is 19.3 Å². The molecule has 0 unspecified atom stereocenters. The molecule has 26 heavy (non-hydrogen) atoms. The summed E-state index contributed by atoms with van der Waals surface area (Å²) in [6, 6.07) is 18.6. The lowest BCUT2D eigenvalue weighted by Gasteiger charge is -2.01. The van der Waals surface area contributed by atoms with Gasteiger partial charge in [0, 0.05) is 12.0 Å². The molecule has 2 heterocycles. The number of rotatable bonds is 6. The van der Waals surface area contributed by atoms with Gasteiger partial charge in [0.15, 0.2) is 6.29 Å². The predicted molar refractivity (Wildman–Crippen MR) is 105 cm³/mol. The van der Waals surface area contributed by atoms with Gasteiger partial charge in [-0.15, -0.1) is 0 Å². The molecule has 0 amide bonds. The third-order valence-electron chi connectivity index (χ3n) is 4.50. The normalized spacial score (nSPS) is 11.1. The molecule has 4 nitrogen and oxygen atoms in total. The first-order chi connectivity index (χ1) is 12.8. The van der Waals surface area contributed by atoms with Crippen LogP contribution < -0.4 is 0 Å². The molecule has 4 rings (SSSR count). The van der Waals surface area contributed by atoms with Crippen molar-refractivity contribution in [1.82, 2.24) is 14.6 Å². The lowest BCUT2D eigenvalue weighted by Crippen LogP contribution is -1.97. The van der Waals surface area contributed by atoms with Crippen LogP contribution in [0.1, 0.15) is 33.5 Å². The van der Waals surface area contributed by atoms with E-state index in [1.54, 1.807) is 15.9 Å². The Kier molecular flexibility index (Phi) is 4.63. The van der Waals surface area contributed by atoms with Crippen molar-refractivity contribution in [3.63, 3.8) is 0 Å². The summed E-state index contributed by atoms with van der Waals surface area (Å²) >= 11 is 1.55. The summed E-state index contributed by atoms with van der Waals surface area (Å²) in [5.41, 5.74) is 4.73. The zero-order valence-electron chi connectivity index (χ0n) is 14.6. The van der Waals surface area contributed by atoms with E-state index in [4.69, 9.17) is 0 Å². The summed E-state index contributed by atoms with van der Waals surface area (Å²) in [6.07, 6.45) is 3.62. The van der Waals surface area contributed by atoms with Crippen LogP contribution in [0.2, 0.25) is 0 Å². The van der Waals surface area contributed by atoms with Crippen LogP contribution in [0.3, 0.4) is 0 Å². The number of hydrogen-bond donors (Lipinski definition) is 0. The van der Waals surface area contributed by atoms with Crippen LogP contribution >= 0.6 is 11.3 Å². The first-order valence-corrected chi connectivity index (χ1v) is 9.57. The molecule has 0 aliphatic heterocycles. The van der Waals surface area contributed by atoms with Crippen molar-refractivity contribution >= 4 is 22.6 Å². The molecule has 0 aliphatic carbocycles. The van der Waals surface area contributed by atoms with E-state index in [1.165, 1.54) is 11.1 Å². The van der Waals surface area contributed by atoms with Gasteiger partial charge >= 0.3 is 0 Å². The smallest absolute Gasteiger partial charge is 0.213 e. The number of aryl methyl sites for hydroxylation is 3. The summed E-state index contributed by atoms with van der Waals surface area (Å²) in [5.74, 6) is 0. The Balaban J connectivity index is 1.63. The van der Waals surface area contributed by atoms with Crippen molar-refractivity contribution in [2.45, 2.75) is 26.2 Å². The molecule has 0 N–H and O–H groups in total. The Labute approximate surface area is 156 Å². The minimum atomic E-state index is 0.520. The summed E-state index contributed by atoms with van der Waals surface area (Å²) in [4.78, 5) is 17.1. The molecule has 2 aromatic heterocycles. The van der Waals surface area contributed by atoms with E-state index in [1.807, 2.05) is 30.3 Å². The van der Waals surface area contributed by atoms with E-state index < -0.39 is 0 Å². The molecule has 0 spiro atoms. The first-order valence-electron chi connectivity index (χ1n) is 8.75. The van der Waals surface area contributed by atoms with E-state index in [9.17, 15) is 4.79 Å². The number of aldehydes is 1. The Morgan fingerprint density at radius 3 is 2.46 bits per heavy atom. The predicted octanol–water partition coefficient (Wildman–Crippen LogP) is 4.62. The zero-order chi connectivity index (χ0) is 17.9. The van der Waals surface area contributed by atoms with Gasteiger partial charge in [-0.05, 0) is 24.0 Å². The van der Waals surface area contributed by atoms with Crippen molar-refractivity contribution in [2.75, 3.05) is 0 Å². The molecule has 0 atom stereocenters. The quantitative estimate of drug-likeness (QED) is 0.471. The van der Waals surface area contributed by atoms with Crippen molar-refractivity contribution < 1.29 is 4.79 Å². The fourth-order valence-electron chi connectivity index (χ4n) is 3.02. The highest BCUT2D eigenvalue weighted by Gasteiger charge is 2.17. The fraction of sp³-hybridized carbons (Fsp3) is 0.190. The van der Waals surface area contributed by atoms with Crippen molar-refractivity contribution in [3.8, 4) is 11.3 Å². The molecule has 0 radical (unpaired) electrons. The van der Waals surface area contributed by atoms with E-state index in [0.717, 1.165) is 41.1 Å². The number of aromatic nitrogens is 3. The second-order valence-electron chi connectivity index (χ2n) is 6.19. The van der Waals surface area contributed by atoms with Gasteiger partial charge in [0.1, 0.15) is 16.4 Å². The zero-order valence-corrected chi connectivity index (χ0v) is 15.4. The fourth-order valence-corrected chi connectivity index (χ4v) is 3.92. The lowest BCUT2D eigenvalue weighted by molar-refractivity contribution is 0.111.